The summed E-state index contributed by atoms with van der Waals surface area (Å²) in [4.78, 5) is 0. The Morgan fingerprint density at radius 2 is 1.88 bits per heavy atom. The summed E-state index contributed by atoms with van der Waals surface area (Å²) in [5.74, 6) is -0.157. The van der Waals surface area contributed by atoms with Crippen LogP contribution in [0.15, 0.2) is 24.3 Å². The quantitative estimate of drug-likeness (QED) is 0.784. The van der Waals surface area contributed by atoms with Crippen LogP contribution in [0.4, 0.5) is 4.39 Å². The topological polar surface area (TPSA) is 12.0 Å². The molecule has 0 aromatic heterocycles. The van der Waals surface area contributed by atoms with Crippen molar-refractivity contribution in [1.29, 1.82) is 0 Å². The van der Waals surface area contributed by atoms with Crippen molar-refractivity contribution >= 4 is 0 Å². The van der Waals surface area contributed by atoms with Crippen LogP contribution >= 0.6 is 0 Å². The second-order valence-electron chi connectivity index (χ2n) is 5.25. The zero-order chi connectivity index (χ0) is 12.3. The van der Waals surface area contributed by atoms with Crippen molar-refractivity contribution in [3.05, 3.63) is 35.6 Å². The highest BCUT2D eigenvalue weighted by atomic mass is 19.1. The summed E-state index contributed by atoms with van der Waals surface area (Å²) in [5, 5.41) is 3.64. The predicted octanol–water partition coefficient (Wildman–Crippen LogP) is 4.06. The number of nitrogens with one attached hydrogen (secondary N) is 1. The van der Waals surface area contributed by atoms with E-state index in [4.69, 9.17) is 0 Å². The molecule has 0 radical (unpaired) electrons. The minimum Gasteiger partial charge on any atom is -0.309 e. The molecule has 1 aliphatic rings. The Morgan fingerprint density at radius 3 is 2.35 bits per heavy atom. The second-order valence-corrected chi connectivity index (χ2v) is 5.25. The van der Waals surface area contributed by atoms with E-state index in [1.807, 2.05) is 12.1 Å². The fraction of sp³-hybridized carbons (Fsp3) is 0.600. The molecule has 1 aliphatic carbocycles. The molecule has 17 heavy (non-hydrogen) atoms. The fourth-order valence-electron chi connectivity index (χ4n) is 2.36. The molecule has 1 saturated carbocycles. The normalized spacial score (nSPS) is 19.0. The van der Waals surface area contributed by atoms with Gasteiger partial charge < -0.3 is 5.32 Å². The van der Waals surface area contributed by atoms with Crippen molar-refractivity contribution in [1.82, 2.24) is 5.32 Å². The third-order valence-electron chi connectivity index (χ3n) is 4.11. The van der Waals surface area contributed by atoms with E-state index in [1.165, 1.54) is 24.8 Å². The average molecular weight is 235 g/mol. The molecule has 0 aliphatic heterocycles. The highest BCUT2D eigenvalue weighted by Gasteiger charge is 2.40. The van der Waals surface area contributed by atoms with E-state index >= 15 is 0 Å². The first-order chi connectivity index (χ1) is 8.19. The second kappa shape index (κ2) is 5.18. The van der Waals surface area contributed by atoms with E-state index < -0.39 is 0 Å². The molecule has 1 N–H and O–H groups in total. The molecule has 1 unspecified atom stereocenters. The highest BCUT2D eigenvalue weighted by Crippen LogP contribution is 2.48. The number of rotatable bonds is 6. The van der Waals surface area contributed by atoms with Gasteiger partial charge >= 0.3 is 0 Å². The number of hydrogen-bond acceptors (Lipinski definition) is 1. The molecule has 2 heteroatoms. The summed E-state index contributed by atoms with van der Waals surface area (Å²) in [5.41, 5.74) is 1.76. The molecule has 0 bridgehead atoms. The van der Waals surface area contributed by atoms with E-state index in [-0.39, 0.29) is 5.82 Å². The van der Waals surface area contributed by atoms with Gasteiger partial charge in [0.2, 0.25) is 0 Å². The molecule has 0 amide bonds. The van der Waals surface area contributed by atoms with Crippen molar-refractivity contribution in [2.24, 2.45) is 5.41 Å². The van der Waals surface area contributed by atoms with Gasteiger partial charge in [0.1, 0.15) is 5.82 Å². The summed E-state index contributed by atoms with van der Waals surface area (Å²) in [6.07, 6.45) is 5.03. The summed E-state index contributed by atoms with van der Waals surface area (Å²) in [6.45, 7) is 5.54. The maximum Gasteiger partial charge on any atom is 0.123 e. The predicted molar refractivity (Wildman–Crippen MR) is 69.4 cm³/mol. The first-order valence-electron chi connectivity index (χ1n) is 6.68. The molecule has 2 rings (SSSR count). The van der Waals surface area contributed by atoms with Gasteiger partial charge in [-0.2, -0.15) is 0 Å². The minimum atomic E-state index is -0.157. The zero-order valence-electron chi connectivity index (χ0n) is 10.8. The Morgan fingerprint density at radius 1 is 1.24 bits per heavy atom. The van der Waals surface area contributed by atoms with Gasteiger partial charge in [0, 0.05) is 12.6 Å². The van der Waals surface area contributed by atoms with Gasteiger partial charge in [-0.15, -0.1) is 0 Å². The summed E-state index contributed by atoms with van der Waals surface area (Å²) >= 11 is 0. The maximum absolute atomic E-state index is 12.9. The molecular formula is C15H22FN. The van der Waals surface area contributed by atoms with Crippen LogP contribution in [-0.4, -0.2) is 6.54 Å². The van der Waals surface area contributed by atoms with Crippen LogP contribution < -0.4 is 5.32 Å². The lowest BCUT2D eigenvalue weighted by atomic mass is 10.0. The van der Waals surface area contributed by atoms with Crippen LogP contribution in [0.3, 0.4) is 0 Å². The van der Waals surface area contributed by atoms with Crippen LogP contribution in [0, 0.1) is 11.2 Å². The summed E-state index contributed by atoms with van der Waals surface area (Å²) in [6, 6.07) is 7.24. The van der Waals surface area contributed by atoms with Crippen LogP contribution in [0.25, 0.3) is 0 Å². The third kappa shape index (κ3) is 3.06. The van der Waals surface area contributed by atoms with Crippen LogP contribution in [-0.2, 0) is 0 Å². The maximum atomic E-state index is 12.9. The van der Waals surface area contributed by atoms with E-state index in [0.717, 1.165) is 13.0 Å². The lowest BCUT2D eigenvalue weighted by Crippen LogP contribution is -2.27. The van der Waals surface area contributed by atoms with E-state index in [9.17, 15) is 4.39 Å². The molecule has 0 heterocycles. The Balaban J connectivity index is 1.94. The summed E-state index contributed by atoms with van der Waals surface area (Å²) < 4.78 is 12.9. The lowest BCUT2D eigenvalue weighted by Gasteiger charge is -2.21. The van der Waals surface area contributed by atoms with E-state index in [2.05, 4.69) is 19.2 Å². The third-order valence-corrected chi connectivity index (χ3v) is 4.11. The highest BCUT2D eigenvalue weighted by molar-refractivity contribution is 5.20. The van der Waals surface area contributed by atoms with Gasteiger partial charge in [0.25, 0.3) is 0 Å². The van der Waals surface area contributed by atoms with Crippen molar-refractivity contribution < 1.29 is 4.39 Å². The molecule has 1 aromatic carbocycles. The molecule has 1 atom stereocenters. The van der Waals surface area contributed by atoms with Gasteiger partial charge in [-0.05, 0) is 48.8 Å². The van der Waals surface area contributed by atoms with Crippen molar-refractivity contribution in [3.8, 4) is 0 Å². The summed E-state index contributed by atoms with van der Waals surface area (Å²) in [7, 11) is 0. The van der Waals surface area contributed by atoms with Crippen LogP contribution in [0.2, 0.25) is 0 Å². The van der Waals surface area contributed by atoms with Crippen LogP contribution in [0.5, 0.6) is 0 Å². The molecule has 0 saturated heterocycles. The van der Waals surface area contributed by atoms with Crippen molar-refractivity contribution in [3.63, 3.8) is 0 Å². The number of hydrogen-bond donors (Lipinski definition) is 1. The largest absolute Gasteiger partial charge is 0.309 e. The molecule has 94 valence electrons. The first kappa shape index (κ1) is 12.6. The van der Waals surface area contributed by atoms with Gasteiger partial charge in [-0.25, -0.2) is 4.39 Å². The molecule has 1 nitrogen and oxygen atoms in total. The smallest absolute Gasteiger partial charge is 0.123 e. The van der Waals surface area contributed by atoms with E-state index in [0.29, 0.717) is 11.5 Å². The Hall–Kier alpha value is -0.890. The average Bonchev–Trinajstić information content (AvgIpc) is 3.13. The van der Waals surface area contributed by atoms with E-state index in [1.54, 1.807) is 12.1 Å². The monoisotopic (exact) mass is 235 g/mol. The molecule has 0 spiro atoms. The van der Waals surface area contributed by atoms with Crippen molar-refractivity contribution in [2.45, 2.75) is 45.6 Å². The van der Waals surface area contributed by atoms with Gasteiger partial charge in [-0.1, -0.05) is 26.0 Å². The Kier molecular flexibility index (Phi) is 3.82. The molecule has 1 fully saturated rings. The first-order valence-corrected chi connectivity index (χ1v) is 6.68. The zero-order valence-corrected chi connectivity index (χ0v) is 10.8. The standard InChI is InChI=1S/C15H22FN/c1-3-14(12-5-7-13(16)8-6-12)17-11-15(4-2)9-10-15/h5-8,14,17H,3-4,9-11H2,1-2H3. The number of benzene rings is 1. The SMILES string of the molecule is CCC(NCC1(CC)CC1)c1ccc(F)cc1. The lowest BCUT2D eigenvalue weighted by molar-refractivity contribution is 0.398. The van der Waals surface area contributed by atoms with Gasteiger partial charge in [0.15, 0.2) is 0 Å². The van der Waals surface area contributed by atoms with Gasteiger partial charge in [-0.3, -0.25) is 0 Å². The minimum absolute atomic E-state index is 0.157. The fourth-order valence-corrected chi connectivity index (χ4v) is 2.36. The van der Waals surface area contributed by atoms with Crippen LogP contribution in [0.1, 0.15) is 51.1 Å². The molecule has 1 aromatic rings. The molecular weight excluding hydrogens is 213 g/mol. The number of halogens is 1. The van der Waals surface area contributed by atoms with Crippen molar-refractivity contribution in [2.75, 3.05) is 6.54 Å². The Labute approximate surface area is 103 Å². The van der Waals surface area contributed by atoms with Gasteiger partial charge in [0.05, 0.1) is 0 Å². The Bertz CT molecular complexity index is 354.